The number of rotatable bonds is 7. The molecule has 0 aliphatic heterocycles. The van der Waals surface area contributed by atoms with Crippen molar-refractivity contribution in [1.29, 1.82) is 0 Å². The summed E-state index contributed by atoms with van der Waals surface area (Å²) >= 11 is 5.67. The lowest BCUT2D eigenvalue weighted by Crippen LogP contribution is -1.97. The summed E-state index contributed by atoms with van der Waals surface area (Å²) in [4.78, 5) is 15.0. The molecule has 2 aromatic rings. The third-order valence-corrected chi connectivity index (χ3v) is 6.52. The molecule has 0 saturated carbocycles. The predicted molar refractivity (Wildman–Crippen MR) is 99.5 cm³/mol. The Balaban J connectivity index is 2.23. The van der Waals surface area contributed by atoms with Crippen LogP contribution in [0.2, 0.25) is 0 Å². The molecule has 0 radical (unpaired) electrons. The highest BCUT2D eigenvalue weighted by atomic mass is 127. The molecule has 5 heteroatoms. The van der Waals surface area contributed by atoms with E-state index in [2.05, 4.69) is 41.6 Å². The summed E-state index contributed by atoms with van der Waals surface area (Å²) in [5.74, 6) is -0.229. The van der Waals surface area contributed by atoms with Crippen LogP contribution in [0.1, 0.15) is 47.8 Å². The number of halogens is 1. The summed E-state index contributed by atoms with van der Waals surface area (Å²) in [5, 5.41) is 0. The van der Waals surface area contributed by atoms with Crippen molar-refractivity contribution in [2.24, 2.45) is 0 Å². The second kappa shape index (κ2) is 8.29. The van der Waals surface area contributed by atoms with E-state index < -0.39 is 0 Å². The van der Waals surface area contributed by atoms with E-state index in [1.807, 2.05) is 6.07 Å². The number of carbonyl (C=O) groups excluding carboxylic acids is 1. The minimum Gasteiger partial charge on any atom is -0.465 e. The van der Waals surface area contributed by atoms with Crippen LogP contribution < -0.4 is 0 Å². The second-order valence-electron chi connectivity index (χ2n) is 4.87. The Morgan fingerprint density at radius 1 is 1.24 bits per heavy atom. The topological polar surface area (TPSA) is 26.3 Å². The summed E-state index contributed by atoms with van der Waals surface area (Å²) < 4.78 is 6.13. The fourth-order valence-electron chi connectivity index (χ4n) is 2.20. The van der Waals surface area contributed by atoms with Crippen LogP contribution in [-0.2, 0) is 11.2 Å². The van der Waals surface area contributed by atoms with Crippen LogP contribution in [-0.4, -0.2) is 13.1 Å². The molecule has 0 saturated heterocycles. The summed E-state index contributed by atoms with van der Waals surface area (Å²) in [6.45, 7) is 2.22. The molecule has 0 amide bonds. The first kappa shape index (κ1) is 17.0. The van der Waals surface area contributed by atoms with Crippen LogP contribution in [0.15, 0.2) is 18.2 Å². The third kappa shape index (κ3) is 4.53. The van der Waals surface area contributed by atoms with Gasteiger partial charge in [0.05, 0.1) is 9.99 Å². The Morgan fingerprint density at radius 3 is 2.67 bits per heavy atom. The number of esters is 1. The van der Waals surface area contributed by atoms with Gasteiger partial charge >= 0.3 is 5.97 Å². The van der Waals surface area contributed by atoms with E-state index in [0.717, 1.165) is 6.42 Å². The second-order valence-corrected chi connectivity index (χ2v) is 8.90. The standard InChI is InChI=1S/C16H19IO2S2/c1-3-4-5-6-7-11-10-13(16(18)19-2)21-15(11)12-8-9-14(17)20-12/h8-10H,3-7H2,1-2H3. The fourth-order valence-corrected chi connectivity index (χ4v) is 5.10. The van der Waals surface area contributed by atoms with Gasteiger partial charge in [-0.15, -0.1) is 22.7 Å². The van der Waals surface area contributed by atoms with Gasteiger partial charge in [-0.3, -0.25) is 0 Å². The van der Waals surface area contributed by atoms with Gasteiger partial charge in [0.25, 0.3) is 0 Å². The predicted octanol–water partition coefficient (Wildman–Crippen LogP) is 5.99. The highest BCUT2D eigenvalue weighted by molar-refractivity contribution is 14.1. The van der Waals surface area contributed by atoms with Gasteiger partial charge in [0.15, 0.2) is 0 Å². The van der Waals surface area contributed by atoms with Crippen molar-refractivity contribution in [3.63, 3.8) is 0 Å². The Kier molecular flexibility index (Phi) is 6.70. The Labute approximate surface area is 147 Å². The van der Waals surface area contributed by atoms with Crippen LogP contribution in [0.3, 0.4) is 0 Å². The fraction of sp³-hybridized carbons (Fsp3) is 0.438. The zero-order chi connectivity index (χ0) is 15.2. The number of hydrogen-bond donors (Lipinski definition) is 0. The zero-order valence-electron chi connectivity index (χ0n) is 12.3. The number of hydrogen-bond acceptors (Lipinski definition) is 4. The maximum absolute atomic E-state index is 11.8. The number of thiophene rings is 2. The molecule has 0 N–H and O–H groups in total. The molecule has 2 rings (SSSR count). The molecule has 2 nitrogen and oxygen atoms in total. The van der Waals surface area contributed by atoms with Crippen molar-refractivity contribution in [3.8, 4) is 9.75 Å². The van der Waals surface area contributed by atoms with Gasteiger partial charge in [-0.05, 0) is 59.2 Å². The van der Waals surface area contributed by atoms with Gasteiger partial charge in [-0.2, -0.15) is 0 Å². The lowest BCUT2D eigenvalue weighted by Gasteiger charge is -2.01. The van der Waals surface area contributed by atoms with Crippen LogP contribution in [0, 0.1) is 2.88 Å². The molecule has 2 heterocycles. The van der Waals surface area contributed by atoms with E-state index in [-0.39, 0.29) is 5.97 Å². The van der Waals surface area contributed by atoms with Gasteiger partial charge in [-0.25, -0.2) is 4.79 Å². The van der Waals surface area contributed by atoms with E-state index in [1.54, 1.807) is 22.7 Å². The summed E-state index contributed by atoms with van der Waals surface area (Å²) in [7, 11) is 1.44. The third-order valence-electron chi connectivity index (χ3n) is 3.29. The van der Waals surface area contributed by atoms with Crippen molar-refractivity contribution < 1.29 is 9.53 Å². The quantitative estimate of drug-likeness (QED) is 0.304. The van der Waals surface area contributed by atoms with Crippen LogP contribution in [0.25, 0.3) is 9.75 Å². The molecule has 114 valence electrons. The van der Waals surface area contributed by atoms with Gasteiger partial charge < -0.3 is 4.74 Å². The summed E-state index contributed by atoms with van der Waals surface area (Å²) in [6, 6.07) is 6.29. The lowest BCUT2D eigenvalue weighted by molar-refractivity contribution is 0.0606. The highest BCUT2D eigenvalue weighted by Crippen LogP contribution is 2.38. The molecule has 0 aliphatic carbocycles. The van der Waals surface area contributed by atoms with E-state index in [0.29, 0.717) is 4.88 Å². The van der Waals surface area contributed by atoms with Crippen LogP contribution in [0.5, 0.6) is 0 Å². The SMILES string of the molecule is CCCCCCc1cc(C(=O)OC)sc1-c1ccc(I)s1. The normalized spacial score (nSPS) is 10.8. The number of methoxy groups -OCH3 is 1. The molecule has 0 spiro atoms. The van der Waals surface area contributed by atoms with Crippen LogP contribution >= 0.6 is 45.3 Å². The number of unbranched alkanes of at least 4 members (excludes halogenated alkanes) is 3. The maximum atomic E-state index is 11.8. The Hall–Kier alpha value is -0.400. The molecule has 21 heavy (non-hydrogen) atoms. The molecule has 0 fully saturated rings. The average Bonchev–Trinajstić information content (AvgIpc) is 3.09. The van der Waals surface area contributed by atoms with E-state index in [1.165, 1.54) is 51.0 Å². The van der Waals surface area contributed by atoms with Crippen molar-refractivity contribution in [2.45, 2.75) is 39.0 Å². The lowest BCUT2D eigenvalue weighted by atomic mass is 10.1. The minimum atomic E-state index is -0.229. The highest BCUT2D eigenvalue weighted by Gasteiger charge is 2.17. The number of aryl methyl sites for hydroxylation is 1. The first-order valence-corrected chi connectivity index (χ1v) is 9.83. The van der Waals surface area contributed by atoms with Crippen molar-refractivity contribution in [2.75, 3.05) is 7.11 Å². The van der Waals surface area contributed by atoms with E-state index in [4.69, 9.17) is 4.74 Å². The zero-order valence-corrected chi connectivity index (χ0v) is 16.1. The molecule has 0 atom stereocenters. The smallest absolute Gasteiger partial charge is 0.348 e. The number of carbonyl (C=O) groups is 1. The molecule has 0 unspecified atom stereocenters. The molecule has 0 aliphatic rings. The molecule has 0 bridgehead atoms. The van der Waals surface area contributed by atoms with Gasteiger partial charge in [0, 0.05) is 9.75 Å². The largest absolute Gasteiger partial charge is 0.465 e. The van der Waals surface area contributed by atoms with Gasteiger partial charge in [0.2, 0.25) is 0 Å². The first-order valence-electron chi connectivity index (χ1n) is 7.12. The molecule has 2 aromatic heterocycles. The van der Waals surface area contributed by atoms with Gasteiger partial charge in [-0.1, -0.05) is 26.2 Å². The van der Waals surface area contributed by atoms with E-state index >= 15 is 0 Å². The molecule has 0 aromatic carbocycles. The monoisotopic (exact) mass is 434 g/mol. The van der Waals surface area contributed by atoms with Gasteiger partial charge in [0.1, 0.15) is 4.88 Å². The van der Waals surface area contributed by atoms with Crippen LogP contribution in [0.4, 0.5) is 0 Å². The summed E-state index contributed by atoms with van der Waals surface area (Å²) in [6.07, 6.45) is 5.99. The first-order chi connectivity index (χ1) is 10.2. The van der Waals surface area contributed by atoms with Crippen molar-refractivity contribution in [1.82, 2.24) is 0 Å². The van der Waals surface area contributed by atoms with Crippen molar-refractivity contribution in [3.05, 3.63) is 31.5 Å². The summed E-state index contributed by atoms with van der Waals surface area (Å²) in [5.41, 5.74) is 1.29. The maximum Gasteiger partial charge on any atom is 0.348 e. The molecular weight excluding hydrogens is 415 g/mol. The Morgan fingerprint density at radius 2 is 2.05 bits per heavy atom. The van der Waals surface area contributed by atoms with E-state index in [9.17, 15) is 4.79 Å². The number of ether oxygens (including phenoxy) is 1. The Bertz CT molecular complexity index is 601. The average molecular weight is 434 g/mol. The molecular formula is C16H19IO2S2. The van der Waals surface area contributed by atoms with Crippen molar-refractivity contribution >= 4 is 51.2 Å². The minimum absolute atomic E-state index is 0.229.